The first-order valence-electron chi connectivity index (χ1n) is 12.3. The van der Waals surface area contributed by atoms with Crippen LogP contribution in [0, 0.1) is 105 Å². The van der Waals surface area contributed by atoms with Crippen LogP contribution in [0.2, 0.25) is 0 Å². The third-order valence-corrected chi connectivity index (χ3v) is 6.67. The second kappa shape index (κ2) is 12.3. The Balaban J connectivity index is 1.88. The second-order valence-corrected chi connectivity index (χ2v) is 9.41. The third-order valence-electron chi connectivity index (χ3n) is 6.67. The monoisotopic (exact) mass is 724 g/mol. The van der Waals surface area contributed by atoms with Crippen LogP contribution in [-0.2, 0) is 0 Å². The van der Waals surface area contributed by atoms with Crippen molar-refractivity contribution in [2.24, 2.45) is 0 Å². The molecule has 256 valence electrons. The summed E-state index contributed by atoms with van der Waals surface area (Å²) in [6, 6.07) is 0.301. The van der Waals surface area contributed by atoms with E-state index < -0.39 is 151 Å². The molecule has 0 unspecified atom stereocenters. The van der Waals surface area contributed by atoms with Crippen molar-refractivity contribution in [1.29, 1.82) is 0 Å². The molecule has 2 nitrogen and oxygen atoms in total. The van der Waals surface area contributed by atoms with Crippen LogP contribution in [-0.4, -0.2) is 7.12 Å². The van der Waals surface area contributed by atoms with Crippen LogP contribution >= 0.6 is 0 Å². The zero-order valence-corrected chi connectivity index (χ0v) is 22.4. The Morgan fingerprint density at radius 2 is 0.796 bits per heavy atom. The highest BCUT2D eigenvalue weighted by Crippen LogP contribution is 2.43. The molecule has 0 amide bonds. The summed E-state index contributed by atoms with van der Waals surface area (Å²) in [6.45, 7) is 0. The van der Waals surface area contributed by atoms with E-state index in [1.54, 1.807) is 0 Å². The molecule has 0 fully saturated rings. The largest absolute Gasteiger partial charge is 0.639 e. The van der Waals surface area contributed by atoms with E-state index in [2.05, 4.69) is 4.65 Å². The lowest BCUT2D eigenvalue weighted by Crippen LogP contribution is -2.48. The molecule has 5 aromatic rings. The summed E-state index contributed by atoms with van der Waals surface area (Å²) in [6.07, 6.45) is 0. The Morgan fingerprint density at radius 1 is 0.367 bits per heavy atom. The van der Waals surface area contributed by atoms with Gasteiger partial charge in [0.1, 0.15) is 11.6 Å². The molecule has 0 saturated carbocycles. The Bertz CT molecular complexity index is 2180. The van der Waals surface area contributed by atoms with Gasteiger partial charge >= 0.3 is 7.12 Å². The van der Waals surface area contributed by atoms with Crippen LogP contribution in [0.5, 0.6) is 11.5 Å². The molecule has 5 aromatic carbocycles. The number of halogens is 18. The van der Waals surface area contributed by atoms with Gasteiger partial charge in [-0.1, -0.05) is 0 Å². The lowest BCUT2D eigenvalue weighted by atomic mass is 9.76. The van der Waals surface area contributed by atoms with Crippen molar-refractivity contribution in [3.63, 3.8) is 0 Å². The maximum Gasteiger partial charge on any atom is 0.639 e. The third kappa shape index (κ3) is 5.30. The van der Waals surface area contributed by atoms with E-state index in [1.807, 2.05) is 0 Å². The minimum absolute atomic E-state index is 0.0835. The van der Waals surface area contributed by atoms with E-state index in [9.17, 15) is 70.2 Å². The quantitative estimate of drug-likeness (QED) is 0.0755. The fourth-order valence-electron chi connectivity index (χ4n) is 4.41. The van der Waals surface area contributed by atoms with Crippen LogP contribution in [0.15, 0.2) is 18.2 Å². The van der Waals surface area contributed by atoms with Gasteiger partial charge in [-0.2, -0.15) is 4.39 Å². The molecule has 0 saturated heterocycles. The predicted octanol–water partition coefficient (Wildman–Crippen LogP) is 8.86. The highest BCUT2D eigenvalue weighted by molar-refractivity contribution is 6.63. The van der Waals surface area contributed by atoms with Gasteiger partial charge in [-0.25, -0.2) is 74.6 Å². The van der Waals surface area contributed by atoms with E-state index in [-0.39, 0.29) is 18.2 Å². The molecule has 0 spiro atoms. The molecular weight excluding hydrogens is 721 g/mol. The fourth-order valence-corrected chi connectivity index (χ4v) is 4.41. The molecule has 0 atom stereocenters. The Labute approximate surface area is 257 Å². The molecule has 0 aliphatic heterocycles. The van der Waals surface area contributed by atoms with Gasteiger partial charge in [0, 0.05) is 5.39 Å². The highest BCUT2D eigenvalue weighted by Gasteiger charge is 2.43. The molecule has 5 rings (SSSR count). The van der Waals surface area contributed by atoms with Crippen LogP contribution in [0.3, 0.4) is 0 Å². The average Bonchev–Trinajstić information content (AvgIpc) is 3.07. The van der Waals surface area contributed by atoms with Crippen molar-refractivity contribution in [2.45, 2.75) is 0 Å². The molecule has 0 aliphatic rings. The van der Waals surface area contributed by atoms with Gasteiger partial charge in [-0.05, 0) is 18.2 Å². The molecule has 0 aromatic heterocycles. The lowest BCUT2D eigenvalue weighted by Gasteiger charge is -2.22. The van der Waals surface area contributed by atoms with E-state index in [0.29, 0.717) is 0 Å². The highest BCUT2D eigenvalue weighted by atomic mass is 19.2. The van der Waals surface area contributed by atoms with E-state index in [4.69, 9.17) is 4.65 Å². The molecule has 0 heterocycles. The Kier molecular flexibility index (Phi) is 8.83. The molecule has 0 N–H and O–H groups in total. The minimum atomic E-state index is -3.73. The fraction of sp³-hybridized carbons (Fsp3) is 0. The van der Waals surface area contributed by atoms with Gasteiger partial charge in [-0.3, -0.25) is 0 Å². The molecule has 49 heavy (non-hydrogen) atoms. The molecule has 0 aliphatic carbocycles. The van der Waals surface area contributed by atoms with Crippen molar-refractivity contribution >= 4 is 23.4 Å². The smallest absolute Gasteiger partial charge is 0.521 e. The topological polar surface area (TPSA) is 18.5 Å². The van der Waals surface area contributed by atoms with Crippen molar-refractivity contribution in [1.82, 2.24) is 0 Å². The summed E-state index contributed by atoms with van der Waals surface area (Å²) in [4.78, 5) is 0. The first kappa shape index (κ1) is 35.1. The summed E-state index contributed by atoms with van der Waals surface area (Å²) >= 11 is 0. The molecule has 21 heteroatoms. The maximum atomic E-state index is 15.2. The summed E-state index contributed by atoms with van der Waals surface area (Å²) in [5.74, 6) is -54.4. The van der Waals surface area contributed by atoms with Gasteiger partial charge in [-0.15, -0.1) is 0 Å². The van der Waals surface area contributed by atoms with Crippen LogP contribution in [0.4, 0.5) is 79.0 Å². The molecular formula is C28H3BF18O2. The van der Waals surface area contributed by atoms with Gasteiger partial charge in [0.05, 0.1) is 22.0 Å². The zero-order valence-electron chi connectivity index (χ0n) is 22.4. The van der Waals surface area contributed by atoms with Crippen molar-refractivity contribution < 1.29 is 88.3 Å². The van der Waals surface area contributed by atoms with Gasteiger partial charge in [0.15, 0.2) is 87.2 Å². The summed E-state index contributed by atoms with van der Waals surface area (Å²) in [7, 11) is -3.73. The normalized spacial score (nSPS) is 11.5. The summed E-state index contributed by atoms with van der Waals surface area (Å²) < 4.78 is 268. The van der Waals surface area contributed by atoms with Crippen LogP contribution < -0.4 is 14.8 Å². The standard InChI is InChI=1S/C28H3BF18O2/c30-5-1-2-7(4-3-6(31)12(32)13(33)8(4)5)48-29(11-17(37)22(42)25(45)23(43)18(11)38)49-28-10(16(36)21(41)26(46)27(28)47)9-14(34)19(39)24(44)20(40)15(9)35/h1-3H. The molecule has 0 bridgehead atoms. The van der Waals surface area contributed by atoms with Crippen molar-refractivity contribution in [3.05, 3.63) is 123 Å². The first-order valence-corrected chi connectivity index (χ1v) is 12.3. The maximum absolute atomic E-state index is 15.2. The van der Waals surface area contributed by atoms with Crippen LogP contribution in [0.25, 0.3) is 21.9 Å². The number of hydrogen-bond donors (Lipinski definition) is 0. The second-order valence-electron chi connectivity index (χ2n) is 9.41. The number of rotatable bonds is 6. The summed E-state index contributed by atoms with van der Waals surface area (Å²) in [5, 5.41) is -2.84. The SMILES string of the molecule is Fc1cc2c(OB(Oc3c(F)c(F)c(F)c(F)c3-c3c(F)c(F)c(F)c(F)c3F)c3c(F)c(F)c(F)c(F)c3F)ccc(F)c2c(F)c1F. The lowest BCUT2D eigenvalue weighted by molar-refractivity contribution is 0.360. The number of fused-ring (bicyclic) bond motifs is 1. The van der Waals surface area contributed by atoms with E-state index in [1.165, 1.54) is 0 Å². The Morgan fingerprint density at radius 3 is 1.31 bits per heavy atom. The Hall–Kier alpha value is -5.24. The van der Waals surface area contributed by atoms with Crippen molar-refractivity contribution in [3.8, 4) is 22.6 Å². The van der Waals surface area contributed by atoms with Gasteiger partial charge in [0.2, 0.25) is 17.5 Å². The van der Waals surface area contributed by atoms with Gasteiger partial charge in [0.25, 0.3) is 0 Å². The van der Waals surface area contributed by atoms with Gasteiger partial charge < -0.3 is 9.31 Å². The van der Waals surface area contributed by atoms with Crippen molar-refractivity contribution in [2.75, 3.05) is 0 Å². The summed E-state index contributed by atoms with van der Waals surface area (Å²) in [5.41, 5.74) is -7.72. The molecule has 0 radical (unpaired) electrons. The van der Waals surface area contributed by atoms with E-state index >= 15 is 8.78 Å². The number of hydrogen-bond acceptors (Lipinski definition) is 2. The average molecular weight is 724 g/mol. The van der Waals surface area contributed by atoms with E-state index in [0.717, 1.165) is 0 Å². The first-order chi connectivity index (χ1) is 22.8. The predicted molar refractivity (Wildman–Crippen MR) is 128 cm³/mol. The minimum Gasteiger partial charge on any atom is -0.521 e. The number of benzene rings is 5. The van der Waals surface area contributed by atoms with Crippen LogP contribution in [0.1, 0.15) is 0 Å². The zero-order chi connectivity index (χ0) is 36.5.